The lowest BCUT2D eigenvalue weighted by molar-refractivity contribution is -0.139. The molecule has 0 bridgehead atoms. The third kappa shape index (κ3) is 5.59. The molecular formula is C31H30BrN7O5. The largest absolute Gasteiger partial charge is 0.469 e. The summed E-state index contributed by atoms with van der Waals surface area (Å²) in [6, 6.07) is 8.08. The molecule has 6 rings (SSSR count). The number of esters is 1. The van der Waals surface area contributed by atoms with E-state index < -0.39 is 12.0 Å². The predicted molar refractivity (Wildman–Crippen MR) is 164 cm³/mol. The van der Waals surface area contributed by atoms with Gasteiger partial charge in [-0.3, -0.25) is 23.9 Å². The summed E-state index contributed by atoms with van der Waals surface area (Å²) in [5, 5.41) is 7.99. The molecule has 3 aromatic heterocycles. The molecule has 12 nitrogen and oxygen atoms in total. The summed E-state index contributed by atoms with van der Waals surface area (Å²) in [5.41, 5.74) is 2.99. The number of methoxy groups -OCH3 is 1. The van der Waals surface area contributed by atoms with Crippen molar-refractivity contribution in [1.29, 1.82) is 0 Å². The number of benzene rings is 1. The SMILES string of the molecule is COC(=O)Cc1cc(Br)nc(NC(=O)[C@@H]2C[C@@]3(C)C[C@H]3N2C(=O)Cn2nc(C(C)=O)c3cc(-c4cnc(C)nc4)ccc32)c1. The van der Waals surface area contributed by atoms with Crippen molar-refractivity contribution in [3.05, 3.63) is 64.4 Å². The number of nitrogens with one attached hydrogen (secondary N) is 1. The Bertz CT molecular complexity index is 1840. The van der Waals surface area contributed by atoms with Gasteiger partial charge in [0.2, 0.25) is 11.8 Å². The maximum Gasteiger partial charge on any atom is 0.309 e. The standard InChI is InChI=1S/C31H30BrN7O5/c1-16(40)29-21-10-19(20-13-33-17(2)34-14-20)5-6-22(21)38(37-29)15-27(41)39-23(11-31(3)12-24(31)39)30(43)36-26-8-18(7-25(32)35-26)9-28(42)44-4/h5-8,10,13-14,23-24H,9,11-12,15H2,1-4H3,(H,35,36,43)/t23-,24+,31-/m0/s1. The molecule has 4 aromatic rings. The minimum absolute atomic E-state index is 0.0229. The van der Waals surface area contributed by atoms with Crippen molar-refractivity contribution in [2.75, 3.05) is 12.4 Å². The number of Topliss-reactive ketones (excluding diaryl/α,β-unsaturated/α-hetero) is 1. The highest BCUT2D eigenvalue weighted by Gasteiger charge is 2.64. The van der Waals surface area contributed by atoms with Gasteiger partial charge in [-0.1, -0.05) is 13.0 Å². The number of aryl methyl sites for hydroxylation is 1. The van der Waals surface area contributed by atoms with Crippen LogP contribution in [0.1, 0.15) is 48.6 Å². The van der Waals surface area contributed by atoms with Crippen molar-refractivity contribution in [1.82, 2.24) is 29.6 Å². The molecule has 226 valence electrons. The number of fused-ring (bicyclic) bond motifs is 2. The van der Waals surface area contributed by atoms with Crippen LogP contribution in [0.3, 0.4) is 0 Å². The van der Waals surface area contributed by atoms with Crippen LogP contribution in [0.4, 0.5) is 5.82 Å². The van der Waals surface area contributed by atoms with E-state index in [0.717, 1.165) is 17.5 Å². The average molecular weight is 661 g/mol. The summed E-state index contributed by atoms with van der Waals surface area (Å²) in [7, 11) is 1.31. The summed E-state index contributed by atoms with van der Waals surface area (Å²) in [6.07, 6.45) is 4.79. The maximum atomic E-state index is 13.9. The number of carbonyl (C=O) groups is 4. The average Bonchev–Trinajstić information content (AvgIpc) is 3.34. The Kier molecular flexibility index (Phi) is 7.52. The number of piperidine rings is 1. The maximum absolute atomic E-state index is 13.9. The first kappa shape index (κ1) is 29.5. The van der Waals surface area contributed by atoms with Crippen molar-refractivity contribution < 1.29 is 23.9 Å². The molecule has 2 fully saturated rings. The first-order valence-electron chi connectivity index (χ1n) is 14.1. The number of anilines is 1. The molecule has 1 saturated heterocycles. The lowest BCUT2D eigenvalue weighted by Crippen LogP contribution is -2.46. The van der Waals surface area contributed by atoms with Crippen molar-refractivity contribution in [2.24, 2.45) is 5.41 Å². The van der Waals surface area contributed by atoms with E-state index in [4.69, 9.17) is 4.74 Å². The van der Waals surface area contributed by atoms with Crippen LogP contribution in [0.5, 0.6) is 0 Å². The zero-order chi connectivity index (χ0) is 31.3. The number of halogens is 1. The number of aromatic nitrogens is 5. The topological polar surface area (TPSA) is 149 Å². The third-order valence-corrected chi connectivity index (χ3v) is 8.80. The summed E-state index contributed by atoms with van der Waals surface area (Å²) >= 11 is 3.33. The van der Waals surface area contributed by atoms with E-state index in [9.17, 15) is 19.2 Å². The monoisotopic (exact) mass is 659 g/mol. The van der Waals surface area contributed by atoms with Gasteiger partial charge in [0.15, 0.2) is 5.78 Å². The Morgan fingerprint density at radius 1 is 1.09 bits per heavy atom. The van der Waals surface area contributed by atoms with E-state index >= 15 is 0 Å². The number of nitrogens with zero attached hydrogens (tertiary/aromatic N) is 6. The molecular weight excluding hydrogens is 630 g/mol. The Morgan fingerprint density at radius 2 is 1.84 bits per heavy atom. The number of pyridine rings is 1. The van der Waals surface area contributed by atoms with Crippen LogP contribution < -0.4 is 5.32 Å². The summed E-state index contributed by atoms with van der Waals surface area (Å²) in [6.45, 7) is 5.19. The molecule has 1 saturated carbocycles. The van der Waals surface area contributed by atoms with Crippen molar-refractivity contribution in [3.63, 3.8) is 0 Å². The first-order valence-corrected chi connectivity index (χ1v) is 14.9. The molecule has 2 amide bonds. The fraction of sp³-hybridized carbons (Fsp3) is 0.355. The van der Waals surface area contributed by atoms with E-state index in [1.807, 2.05) is 25.1 Å². The number of hydrogen-bond donors (Lipinski definition) is 1. The molecule has 44 heavy (non-hydrogen) atoms. The number of amides is 2. The molecule has 0 unspecified atom stereocenters. The zero-order valence-corrected chi connectivity index (χ0v) is 26.2. The molecule has 1 aliphatic heterocycles. The molecule has 3 atom stereocenters. The molecule has 1 aliphatic carbocycles. The number of hydrogen-bond acceptors (Lipinski definition) is 9. The lowest BCUT2D eigenvalue weighted by Gasteiger charge is -2.27. The van der Waals surface area contributed by atoms with Crippen LogP contribution in [0, 0.1) is 12.3 Å². The van der Waals surface area contributed by atoms with Crippen LogP contribution >= 0.6 is 15.9 Å². The van der Waals surface area contributed by atoms with Crippen molar-refractivity contribution >= 4 is 56.2 Å². The normalized spacial score (nSPS) is 20.3. The van der Waals surface area contributed by atoms with E-state index in [2.05, 4.69) is 48.2 Å². The van der Waals surface area contributed by atoms with Gasteiger partial charge < -0.3 is 15.0 Å². The fourth-order valence-electron chi connectivity index (χ4n) is 6.02. The van der Waals surface area contributed by atoms with Crippen molar-refractivity contribution in [2.45, 2.75) is 58.7 Å². The van der Waals surface area contributed by atoms with Gasteiger partial charge in [-0.25, -0.2) is 15.0 Å². The second-order valence-electron chi connectivity index (χ2n) is 11.6. The minimum Gasteiger partial charge on any atom is -0.469 e. The third-order valence-electron chi connectivity index (χ3n) is 8.39. The van der Waals surface area contributed by atoms with Gasteiger partial charge in [0.05, 0.1) is 19.0 Å². The molecule has 13 heteroatoms. The summed E-state index contributed by atoms with van der Waals surface area (Å²) < 4.78 is 6.73. The van der Waals surface area contributed by atoms with E-state index in [1.165, 1.54) is 18.7 Å². The van der Waals surface area contributed by atoms with E-state index in [0.29, 0.717) is 33.3 Å². The predicted octanol–water partition coefficient (Wildman–Crippen LogP) is 3.90. The van der Waals surface area contributed by atoms with Gasteiger partial charge in [0.25, 0.3) is 0 Å². The van der Waals surface area contributed by atoms with Crippen LogP contribution in [0.15, 0.2) is 47.3 Å². The quantitative estimate of drug-likeness (QED) is 0.169. The summed E-state index contributed by atoms with van der Waals surface area (Å²) in [4.78, 5) is 66.3. The molecule has 4 heterocycles. The highest BCUT2D eigenvalue weighted by molar-refractivity contribution is 9.10. The fourth-order valence-corrected chi connectivity index (χ4v) is 6.50. The molecule has 2 aliphatic rings. The van der Waals surface area contributed by atoms with Gasteiger partial charge >= 0.3 is 5.97 Å². The highest BCUT2D eigenvalue weighted by Crippen LogP contribution is 2.59. The number of ketones is 1. The van der Waals surface area contributed by atoms with Crippen LogP contribution in [0.25, 0.3) is 22.0 Å². The molecule has 1 N–H and O–H groups in total. The van der Waals surface area contributed by atoms with Crippen LogP contribution in [-0.4, -0.2) is 72.4 Å². The zero-order valence-electron chi connectivity index (χ0n) is 24.6. The second-order valence-corrected chi connectivity index (χ2v) is 12.4. The van der Waals surface area contributed by atoms with Gasteiger partial charge in [-0.05, 0) is 76.5 Å². The highest BCUT2D eigenvalue weighted by atomic mass is 79.9. The summed E-state index contributed by atoms with van der Waals surface area (Å²) in [5.74, 6) is -0.343. The number of carbonyl (C=O) groups excluding carboxylic acids is 4. The van der Waals surface area contributed by atoms with Gasteiger partial charge in [-0.2, -0.15) is 5.10 Å². The first-order chi connectivity index (χ1) is 21.0. The van der Waals surface area contributed by atoms with Gasteiger partial charge in [-0.15, -0.1) is 0 Å². The second kappa shape index (κ2) is 11.2. The Morgan fingerprint density at radius 3 is 2.55 bits per heavy atom. The van der Waals surface area contributed by atoms with Gasteiger partial charge in [0, 0.05) is 36.3 Å². The number of ether oxygens (including phenoxy) is 1. The molecule has 0 radical (unpaired) electrons. The van der Waals surface area contributed by atoms with Crippen molar-refractivity contribution in [3.8, 4) is 11.1 Å². The number of rotatable bonds is 8. The van der Waals surface area contributed by atoms with Gasteiger partial charge in [0.1, 0.15) is 34.5 Å². The van der Waals surface area contributed by atoms with E-state index in [1.54, 1.807) is 29.4 Å². The van der Waals surface area contributed by atoms with E-state index in [-0.39, 0.29) is 53.5 Å². The Labute approximate surface area is 261 Å². The van der Waals surface area contributed by atoms with Crippen LogP contribution in [0.2, 0.25) is 0 Å². The number of likely N-dealkylation sites (tertiary alicyclic amines) is 1. The molecule has 1 aromatic carbocycles. The Hall–Kier alpha value is -4.52. The smallest absolute Gasteiger partial charge is 0.309 e. The Balaban J connectivity index is 1.25. The molecule has 0 spiro atoms. The minimum atomic E-state index is -0.710. The lowest BCUT2D eigenvalue weighted by atomic mass is 10.0. The van der Waals surface area contributed by atoms with Crippen LogP contribution in [-0.2, 0) is 32.1 Å².